The van der Waals surface area contributed by atoms with E-state index in [-0.39, 0.29) is 42.9 Å². The number of amidine groups is 1. The molecule has 0 aliphatic rings. The molecule has 17 nitrogen and oxygen atoms in total. The molecule has 0 aliphatic heterocycles. The minimum absolute atomic E-state index is 0.0120. The van der Waals surface area contributed by atoms with Gasteiger partial charge in [0.2, 0.25) is 0 Å². The van der Waals surface area contributed by atoms with Crippen LogP contribution in [0.1, 0.15) is 82.5 Å². The Morgan fingerprint density at radius 1 is 1.08 bits per heavy atom. The number of alkyl carbamates (subject to hydrolysis) is 1. The van der Waals surface area contributed by atoms with E-state index in [9.17, 15) is 27.7 Å². The van der Waals surface area contributed by atoms with E-state index in [2.05, 4.69) is 15.3 Å². The Hall–Kier alpha value is -5.75. The Kier molecular flexibility index (Phi) is 10.7. The molecular weight excluding hydrogens is 708 g/mol. The van der Waals surface area contributed by atoms with Gasteiger partial charge in [-0.3, -0.25) is 29.8 Å². The predicted octanol–water partition coefficient (Wildman–Crippen LogP) is 5.39. The van der Waals surface area contributed by atoms with Crippen molar-refractivity contribution in [2.75, 3.05) is 35.9 Å². The van der Waals surface area contributed by atoms with Crippen molar-refractivity contribution in [2.24, 2.45) is 12.3 Å². The van der Waals surface area contributed by atoms with Crippen molar-refractivity contribution in [3.8, 4) is 0 Å². The van der Waals surface area contributed by atoms with Crippen LogP contribution in [0.5, 0.6) is 0 Å². The van der Waals surface area contributed by atoms with Gasteiger partial charge in [0.1, 0.15) is 24.0 Å². The summed E-state index contributed by atoms with van der Waals surface area (Å²) in [5.74, 6) is -0.773. The van der Waals surface area contributed by atoms with Gasteiger partial charge >= 0.3 is 12.1 Å². The molecule has 0 aliphatic carbocycles. The van der Waals surface area contributed by atoms with Crippen molar-refractivity contribution in [3.05, 3.63) is 88.7 Å². The maximum absolute atomic E-state index is 13.7. The molecule has 0 radical (unpaired) electrons. The fourth-order valence-corrected chi connectivity index (χ4v) is 4.47. The van der Waals surface area contributed by atoms with Gasteiger partial charge in [-0.05, 0) is 67.9 Å². The van der Waals surface area contributed by atoms with E-state index in [0.717, 1.165) is 5.01 Å². The number of fused-ring (bicyclic) bond motifs is 1. The Bertz CT molecular complexity index is 2430. The number of rotatable bonds is 16. The highest BCUT2D eigenvalue weighted by atomic mass is 32.2. The molecule has 53 heavy (non-hydrogen) atoms. The van der Waals surface area contributed by atoms with Gasteiger partial charge in [0.15, 0.2) is 0 Å². The molecule has 2 aromatic heterocycles. The highest BCUT2D eigenvalue weighted by Crippen LogP contribution is 2.23. The van der Waals surface area contributed by atoms with Crippen molar-refractivity contribution in [2.45, 2.75) is 52.2 Å². The molecule has 3 N–H and O–H groups in total. The van der Waals surface area contributed by atoms with Crippen LogP contribution in [0, 0.1) is 10.3 Å². The zero-order valence-corrected chi connectivity index (χ0v) is 29.5. The summed E-state index contributed by atoms with van der Waals surface area (Å²) >= 11 is 0. The van der Waals surface area contributed by atoms with E-state index in [1.54, 1.807) is 54.9 Å². The predicted molar refractivity (Wildman–Crippen MR) is 199 cm³/mol. The SMILES string of the molecule is CS(=O)(=O)O.[2H]C([2H])([2H])C([2H])([2H])C([2H])([2H])C([2H])([2H])C([2H])([2H])COC(=O)NC(=N)c1ccc(N(Cc2nc3cc(C(=O)N(CCC(=O)OCC)c4ccccn4)ccc3n2C)N=O)cc1. The lowest BCUT2D eigenvalue weighted by Crippen LogP contribution is -2.34. The lowest BCUT2D eigenvalue weighted by molar-refractivity contribution is -0.142. The van der Waals surface area contributed by atoms with Gasteiger partial charge in [-0.1, -0.05) is 32.0 Å². The minimum Gasteiger partial charge on any atom is -0.466 e. The lowest BCUT2D eigenvalue weighted by atomic mass is 10.1. The fourth-order valence-electron chi connectivity index (χ4n) is 4.47. The van der Waals surface area contributed by atoms with Crippen LogP contribution in [0.25, 0.3) is 11.0 Å². The van der Waals surface area contributed by atoms with Gasteiger partial charge in [-0.15, -0.1) is 4.91 Å². The second-order valence-electron chi connectivity index (χ2n) is 10.5. The monoisotopic (exact) mass is 763 g/mol. The molecule has 4 rings (SSSR count). The molecule has 0 fully saturated rings. The van der Waals surface area contributed by atoms with Gasteiger partial charge < -0.3 is 14.0 Å². The summed E-state index contributed by atoms with van der Waals surface area (Å²) in [6, 6.07) is 15.4. The molecule has 2 heterocycles. The van der Waals surface area contributed by atoms with Gasteiger partial charge in [-0.2, -0.15) is 8.42 Å². The first kappa shape index (κ1) is 27.8. The number of benzene rings is 2. The van der Waals surface area contributed by atoms with Crippen LogP contribution in [0.15, 0.2) is 72.1 Å². The van der Waals surface area contributed by atoms with Crippen LogP contribution in [-0.4, -0.2) is 77.3 Å². The van der Waals surface area contributed by atoms with Crippen molar-refractivity contribution in [3.63, 3.8) is 0 Å². The second-order valence-corrected chi connectivity index (χ2v) is 12.0. The number of nitrogens with zero attached hydrogens (tertiary/aromatic N) is 6. The van der Waals surface area contributed by atoms with E-state index in [1.165, 1.54) is 35.4 Å². The minimum atomic E-state index is -3.92. The first-order valence-electron chi connectivity index (χ1n) is 20.9. The van der Waals surface area contributed by atoms with Crippen LogP contribution < -0.4 is 15.2 Å². The first-order valence-corrected chi connectivity index (χ1v) is 17.2. The van der Waals surface area contributed by atoms with E-state index in [0.29, 0.717) is 28.9 Å². The molecule has 4 aromatic rings. The topological polar surface area (TPSA) is 227 Å². The molecule has 0 spiro atoms. The van der Waals surface area contributed by atoms with Crippen molar-refractivity contribution in [1.82, 2.24) is 19.9 Å². The third-order valence-corrected chi connectivity index (χ3v) is 6.80. The molecule has 2 aromatic carbocycles. The molecule has 0 unspecified atom stereocenters. The maximum atomic E-state index is 13.7. The normalized spacial score (nSPS) is 15.2. The zero-order valence-electron chi connectivity index (χ0n) is 39.7. The van der Waals surface area contributed by atoms with Crippen LogP contribution in [0.2, 0.25) is 0 Å². The number of nitroso groups, excluding NO2 is 1. The number of aromatic nitrogens is 3. The van der Waals surface area contributed by atoms with Crippen molar-refractivity contribution in [1.29, 1.82) is 5.41 Å². The highest BCUT2D eigenvalue weighted by Gasteiger charge is 2.22. The largest absolute Gasteiger partial charge is 0.466 e. The molecule has 0 saturated heterocycles. The Morgan fingerprint density at radius 2 is 1.79 bits per heavy atom. The summed E-state index contributed by atoms with van der Waals surface area (Å²) < 4.78 is 122. The molecule has 0 bridgehead atoms. The van der Waals surface area contributed by atoms with E-state index >= 15 is 0 Å². The molecule has 0 atom stereocenters. The average Bonchev–Trinajstić information content (AvgIpc) is 3.51. The molecule has 284 valence electrons. The number of carbonyl (C=O) groups is 3. The quantitative estimate of drug-likeness (QED) is 0.0326. The van der Waals surface area contributed by atoms with Gasteiger partial charge in [0.05, 0.1) is 47.9 Å². The number of anilines is 2. The van der Waals surface area contributed by atoms with Gasteiger partial charge in [-0.25, -0.2) is 19.8 Å². The summed E-state index contributed by atoms with van der Waals surface area (Å²) in [4.78, 5) is 60.5. The van der Waals surface area contributed by atoms with E-state index in [1.807, 2.05) is 5.32 Å². The molecule has 2 amide bonds. The van der Waals surface area contributed by atoms with Crippen LogP contribution in [-0.2, 0) is 38.0 Å². The smallest absolute Gasteiger partial charge is 0.412 e. The highest BCUT2D eigenvalue weighted by molar-refractivity contribution is 7.85. The van der Waals surface area contributed by atoms with Gasteiger partial charge in [0, 0.05) is 46.0 Å². The maximum Gasteiger partial charge on any atom is 0.412 e. The van der Waals surface area contributed by atoms with Crippen molar-refractivity contribution >= 4 is 56.5 Å². The number of carbonyl (C=O) groups excluding carboxylic acids is 3. The summed E-state index contributed by atoms with van der Waals surface area (Å²) in [6.07, 6.45) is -14.3. The summed E-state index contributed by atoms with van der Waals surface area (Å²) in [6.45, 7) is -3.39. The molecule has 0 saturated carbocycles. The number of amides is 2. The number of aryl methyl sites for hydroxylation is 1. The number of nitrogens with one attached hydrogen (secondary N) is 2. The molecule has 18 heteroatoms. The number of pyridine rings is 1. The average molecular weight is 764 g/mol. The Morgan fingerprint density at radius 3 is 2.43 bits per heavy atom. The number of imidazole rings is 1. The Balaban J connectivity index is 0.00000206. The second kappa shape index (κ2) is 20.3. The van der Waals surface area contributed by atoms with Crippen molar-refractivity contribution < 1.29 is 51.9 Å². The van der Waals surface area contributed by atoms with Crippen LogP contribution >= 0.6 is 0 Å². The summed E-state index contributed by atoms with van der Waals surface area (Å²) in [7, 11) is -1.96. The zero-order chi connectivity index (χ0) is 48.6. The van der Waals surface area contributed by atoms with Gasteiger partial charge in [0.25, 0.3) is 16.0 Å². The van der Waals surface area contributed by atoms with Crippen LogP contribution in [0.4, 0.5) is 16.3 Å². The van der Waals surface area contributed by atoms with E-state index < -0.39 is 72.9 Å². The third-order valence-electron chi connectivity index (χ3n) is 6.80. The fraction of sp³-hybridized carbons (Fsp3) is 0.371. The summed E-state index contributed by atoms with van der Waals surface area (Å²) in [5, 5.41) is 14.4. The number of esters is 1. The standard InChI is InChI=1S/C34H40N8O6.CH4O3S/c1-4-6-7-10-21-48-34(45)38-32(35)24-12-15-26(16-13-24)42(39-46)23-30-37-27-22-25(14-17-28(27)40(30)3)33(44)41(20-18-31(43)47-5-2)29-11-8-9-19-36-29;1-5(2,3)4/h8-9,11-17,19,22H,4-7,10,18,20-21,23H2,1-3H3,(H2,35,38,45);1H3,(H,2,3,4)/i1D3,4D2,6D2,7D2,10D2;. The summed E-state index contributed by atoms with van der Waals surface area (Å²) in [5.41, 5.74) is 1.62. The van der Waals surface area contributed by atoms with Crippen LogP contribution in [0.3, 0.4) is 0 Å². The third kappa shape index (κ3) is 13.4. The first-order chi connectivity index (χ1) is 29.4. The number of ether oxygens (including phenoxy) is 2. The number of hydrogen-bond acceptors (Lipinski definition) is 12. The lowest BCUT2D eigenvalue weighted by Gasteiger charge is -2.21. The van der Waals surface area contributed by atoms with E-state index in [4.69, 9.17) is 34.5 Å². The number of hydrogen-bond donors (Lipinski definition) is 3. The molecular formula is C35H44N8O9S. The Labute approximate surface area is 323 Å².